The number of ether oxygens (including phenoxy) is 1. The molecular formula is C16H26N2O. The predicted molar refractivity (Wildman–Crippen MR) is 80.6 cm³/mol. The van der Waals surface area contributed by atoms with E-state index in [9.17, 15) is 0 Å². The number of nitrogens with zero attached hydrogens (tertiary/aromatic N) is 1. The number of nitrogens with one attached hydrogen (secondary N) is 1. The van der Waals surface area contributed by atoms with Crippen molar-refractivity contribution in [2.75, 3.05) is 31.6 Å². The fraction of sp³-hybridized carbons (Fsp3) is 0.625. The van der Waals surface area contributed by atoms with Gasteiger partial charge in [-0.3, -0.25) is 0 Å². The van der Waals surface area contributed by atoms with Gasteiger partial charge in [0.05, 0.1) is 6.61 Å². The Morgan fingerprint density at radius 2 is 2.16 bits per heavy atom. The Kier molecular flexibility index (Phi) is 5.23. The molecule has 19 heavy (non-hydrogen) atoms. The third-order valence-corrected chi connectivity index (χ3v) is 4.00. The van der Waals surface area contributed by atoms with Crippen molar-refractivity contribution in [3.8, 4) is 0 Å². The lowest BCUT2D eigenvalue weighted by molar-refractivity contribution is 0.185. The van der Waals surface area contributed by atoms with Crippen LogP contribution in [0.4, 0.5) is 5.69 Å². The Morgan fingerprint density at radius 1 is 1.37 bits per heavy atom. The molecular weight excluding hydrogens is 236 g/mol. The van der Waals surface area contributed by atoms with Crippen LogP contribution >= 0.6 is 0 Å². The molecule has 3 nitrogen and oxygen atoms in total. The van der Waals surface area contributed by atoms with Gasteiger partial charge in [0.25, 0.3) is 0 Å². The Bertz CT molecular complexity index is 394. The standard InChI is InChI=1S/C16H26N2O/c1-4-17-15-9-10-18(11-13(15)2)16-8-6-5-7-14(16)12-19-3/h5-8,13,15,17H,4,9-12H2,1-3H3. The topological polar surface area (TPSA) is 24.5 Å². The Hall–Kier alpha value is -1.06. The van der Waals surface area contributed by atoms with E-state index in [0.717, 1.165) is 19.6 Å². The molecule has 2 rings (SSSR count). The highest BCUT2D eigenvalue weighted by atomic mass is 16.5. The van der Waals surface area contributed by atoms with Gasteiger partial charge in [-0.05, 0) is 24.9 Å². The van der Waals surface area contributed by atoms with Crippen LogP contribution in [0, 0.1) is 5.92 Å². The molecule has 1 aromatic carbocycles. The number of benzene rings is 1. The van der Waals surface area contributed by atoms with Crippen LogP contribution in [0.1, 0.15) is 25.8 Å². The number of hydrogen-bond donors (Lipinski definition) is 1. The summed E-state index contributed by atoms with van der Waals surface area (Å²) in [5, 5.41) is 3.59. The smallest absolute Gasteiger partial charge is 0.0733 e. The molecule has 1 aliphatic heterocycles. The fourth-order valence-electron chi connectivity index (χ4n) is 3.03. The Labute approximate surface area is 116 Å². The molecule has 0 radical (unpaired) electrons. The minimum Gasteiger partial charge on any atom is -0.380 e. The molecule has 1 fully saturated rings. The van der Waals surface area contributed by atoms with E-state index in [0.29, 0.717) is 18.6 Å². The van der Waals surface area contributed by atoms with Gasteiger partial charge in [0, 0.05) is 37.5 Å². The number of para-hydroxylation sites is 1. The Balaban J connectivity index is 2.07. The number of hydrogen-bond acceptors (Lipinski definition) is 3. The van der Waals surface area contributed by atoms with Crippen molar-refractivity contribution < 1.29 is 4.74 Å². The molecule has 2 unspecified atom stereocenters. The van der Waals surface area contributed by atoms with E-state index in [-0.39, 0.29) is 0 Å². The second-order valence-electron chi connectivity index (χ2n) is 5.44. The van der Waals surface area contributed by atoms with E-state index < -0.39 is 0 Å². The first-order chi connectivity index (χ1) is 9.26. The van der Waals surface area contributed by atoms with Gasteiger partial charge in [-0.1, -0.05) is 32.0 Å². The summed E-state index contributed by atoms with van der Waals surface area (Å²) >= 11 is 0. The molecule has 0 aliphatic carbocycles. The maximum absolute atomic E-state index is 5.31. The van der Waals surface area contributed by atoms with E-state index >= 15 is 0 Å². The van der Waals surface area contributed by atoms with Gasteiger partial charge >= 0.3 is 0 Å². The first kappa shape index (κ1) is 14.4. The minimum absolute atomic E-state index is 0.663. The zero-order valence-corrected chi connectivity index (χ0v) is 12.4. The van der Waals surface area contributed by atoms with Crippen LogP contribution < -0.4 is 10.2 Å². The van der Waals surface area contributed by atoms with E-state index in [2.05, 4.69) is 48.3 Å². The number of rotatable bonds is 5. The molecule has 1 aliphatic rings. The summed E-state index contributed by atoms with van der Waals surface area (Å²) in [6, 6.07) is 9.26. The molecule has 0 amide bonds. The highest BCUT2D eigenvalue weighted by Gasteiger charge is 2.26. The fourth-order valence-corrected chi connectivity index (χ4v) is 3.03. The lowest BCUT2D eigenvalue weighted by atomic mass is 9.93. The summed E-state index contributed by atoms with van der Waals surface area (Å²) in [6.07, 6.45) is 1.22. The molecule has 1 heterocycles. The van der Waals surface area contributed by atoms with Crippen molar-refractivity contribution in [3.05, 3.63) is 29.8 Å². The second kappa shape index (κ2) is 6.92. The first-order valence-electron chi connectivity index (χ1n) is 7.31. The minimum atomic E-state index is 0.663. The normalized spacial score (nSPS) is 23.6. The summed E-state index contributed by atoms with van der Waals surface area (Å²) in [4.78, 5) is 2.51. The van der Waals surface area contributed by atoms with E-state index in [4.69, 9.17) is 4.74 Å². The predicted octanol–water partition coefficient (Wildman–Crippen LogP) is 2.66. The summed E-state index contributed by atoms with van der Waals surface area (Å²) in [5.41, 5.74) is 2.63. The van der Waals surface area contributed by atoms with Crippen LogP contribution in [0.3, 0.4) is 0 Å². The zero-order valence-electron chi connectivity index (χ0n) is 12.4. The molecule has 1 N–H and O–H groups in total. The van der Waals surface area contributed by atoms with Gasteiger partial charge in [0.15, 0.2) is 0 Å². The molecule has 3 heteroatoms. The van der Waals surface area contributed by atoms with Gasteiger partial charge in [-0.2, -0.15) is 0 Å². The molecule has 0 spiro atoms. The van der Waals surface area contributed by atoms with Crippen LogP contribution in [0.25, 0.3) is 0 Å². The van der Waals surface area contributed by atoms with Gasteiger partial charge < -0.3 is 15.0 Å². The molecule has 106 valence electrons. The summed E-state index contributed by atoms with van der Waals surface area (Å²) < 4.78 is 5.31. The lowest BCUT2D eigenvalue weighted by Gasteiger charge is -2.39. The lowest BCUT2D eigenvalue weighted by Crippen LogP contribution is -2.48. The number of anilines is 1. The average molecular weight is 262 g/mol. The largest absolute Gasteiger partial charge is 0.380 e. The zero-order chi connectivity index (χ0) is 13.7. The summed E-state index contributed by atoms with van der Waals surface area (Å²) in [7, 11) is 1.76. The van der Waals surface area contributed by atoms with Crippen LogP contribution in [0.2, 0.25) is 0 Å². The maximum atomic E-state index is 5.31. The van der Waals surface area contributed by atoms with Gasteiger partial charge in [-0.15, -0.1) is 0 Å². The first-order valence-corrected chi connectivity index (χ1v) is 7.31. The van der Waals surface area contributed by atoms with Crippen LogP contribution in [-0.4, -0.2) is 32.8 Å². The van der Waals surface area contributed by atoms with Crippen molar-refractivity contribution in [2.45, 2.75) is 32.9 Å². The molecule has 0 aromatic heterocycles. The Morgan fingerprint density at radius 3 is 2.84 bits per heavy atom. The van der Waals surface area contributed by atoms with E-state index in [1.165, 1.54) is 17.7 Å². The van der Waals surface area contributed by atoms with Gasteiger partial charge in [0.1, 0.15) is 0 Å². The van der Waals surface area contributed by atoms with Crippen molar-refractivity contribution in [3.63, 3.8) is 0 Å². The van der Waals surface area contributed by atoms with E-state index in [1.54, 1.807) is 7.11 Å². The summed E-state index contributed by atoms with van der Waals surface area (Å²) in [6.45, 7) is 8.54. The molecule has 0 saturated carbocycles. The second-order valence-corrected chi connectivity index (χ2v) is 5.44. The van der Waals surface area contributed by atoms with Crippen LogP contribution in [0.15, 0.2) is 24.3 Å². The van der Waals surface area contributed by atoms with Gasteiger partial charge in [-0.25, -0.2) is 0 Å². The quantitative estimate of drug-likeness (QED) is 0.883. The van der Waals surface area contributed by atoms with Crippen molar-refractivity contribution in [1.82, 2.24) is 5.32 Å². The highest BCUT2D eigenvalue weighted by Crippen LogP contribution is 2.26. The monoisotopic (exact) mass is 262 g/mol. The van der Waals surface area contributed by atoms with Crippen LogP contribution in [-0.2, 0) is 11.3 Å². The summed E-state index contributed by atoms with van der Waals surface area (Å²) in [5.74, 6) is 0.685. The van der Waals surface area contributed by atoms with E-state index in [1.807, 2.05) is 0 Å². The maximum Gasteiger partial charge on any atom is 0.0733 e. The van der Waals surface area contributed by atoms with Crippen molar-refractivity contribution in [1.29, 1.82) is 0 Å². The SMILES string of the molecule is CCNC1CCN(c2ccccc2COC)CC1C. The average Bonchev–Trinajstić information content (AvgIpc) is 2.42. The third kappa shape index (κ3) is 3.48. The molecule has 0 bridgehead atoms. The van der Waals surface area contributed by atoms with Crippen molar-refractivity contribution >= 4 is 5.69 Å². The number of methoxy groups -OCH3 is 1. The van der Waals surface area contributed by atoms with Crippen LogP contribution in [0.5, 0.6) is 0 Å². The molecule has 1 aromatic rings. The highest BCUT2D eigenvalue weighted by molar-refractivity contribution is 5.53. The third-order valence-electron chi connectivity index (χ3n) is 4.00. The molecule has 1 saturated heterocycles. The van der Waals surface area contributed by atoms with Crippen molar-refractivity contribution in [2.24, 2.45) is 5.92 Å². The number of piperidine rings is 1. The molecule has 2 atom stereocenters. The van der Waals surface area contributed by atoms with Gasteiger partial charge in [0.2, 0.25) is 0 Å².